The van der Waals surface area contributed by atoms with Gasteiger partial charge in [0.25, 0.3) is 0 Å². The second-order valence-corrected chi connectivity index (χ2v) is 10.8. The number of hydrogen-bond donors (Lipinski definition) is 1. The molecule has 0 spiro atoms. The van der Waals surface area contributed by atoms with Crippen LogP contribution in [0.4, 0.5) is 0 Å². The molecule has 5 rings (SSSR count). The molecule has 1 aromatic carbocycles. The standard InChI is InChI=1S/C26H28N6O4S/c1-18(33)31-11-13-32(14-12-31)37(34,35)23-6-3-19(4-7-23)20-15-24-26(28-17-20)30-25(29-24)8-5-21-16-22(36-2)9-10-27-21/h3-4,6-7,9-10,15-17H,5,8,11-14H2,1-2H3,(H,28,29,30). The van der Waals surface area contributed by atoms with Crippen LogP contribution in [0.5, 0.6) is 5.75 Å². The summed E-state index contributed by atoms with van der Waals surface area (Å²) < 4.78 is 32.8. The molecule has 37 heavy (non-hydrogen) atoms. The lowest BCUT2D eigenvalue weighted by molar-refractivity contribution is -0.129. The Morgan fingerprint density at radius 2 is 1.76 bits per heavy atom. The van der Waals surface area contributed by atoms with E-state index in [0.717, 1.165) is 33.9 Å². The topological polar surface area (TPSA) is 121 Å². The molecule has 4 aromatic rings. The molecule has 192 valence electrons. The molecular weight excluding hydrogens is 492 g/mol. The molecule has 0 saturated carbocycles. The maximum atomic E-state index is 13.1. The third-order valence-electron chi connectivity index (χ3n) is 6.54. The van der Waals surface area contributed by atoms with E-state index in [-0.39, 0.29) is 10.8 Å². The van der Waals surface area contributed by atoms with Crippen LogP contribution in [0, 0.1) is 0 Å². The number of piperazine rings is 1. The van der Waals surface area contributed by atoms with E-state index in [4.69, 9.17) is 4.74 Å². The summed E-state index contributed by atoms with van der Waals surface area (Å²) in [6.45, 7) is 2.89. The Hall–Kier alpha value is -3.83. The van der Waals surface area contributed by atoms with E-state index < -0.39 is 10.0 Å². The first kappa shape index (κ1) is 24.8. The number of rotatable bonds is 7. The second-order valence-electron chi connectivity index (χ2n) is 8.90. The molecule has 1 aliphatic rings. The van der Waals surface area contributed by atoms with Crippen molar-refractivity contribution in [1.82, 2.24) is 29.1 Å². The zero-order valence-electron chi connectivity index (χ0n) is 20.7. The minimum Gasteiger partial charge on any atom is -0.497 e. The molecular formula is C26H28N6O4S. The van der Waals surface area contributed by atoms with E-state index in [1.165, 1.54) is 11.2 Å². The molecule has 0 aliphatic carbocycles. The molecule has 1 aliphatic heterocycles. The van der Waals surface area contributed by atoms with E-state index in [1.54, 1.807) is 48.7 Å². The summed E-state index contributed by atoms with van der Waals surface area (Å²) >= 11 is 0. The number of aromatic amines is 1. The summed E-state index contributed by atoms with van der Waals surface area (Å²) in [6.07, 6.45) is 4.87. The van der Waals surface area contributed by atoms with Crippen molar-refractivity contribution in [2.45, 2.75) is 24.7 Å². The number of aryl methyl sites for hydroxylation is 2. The minimum absolute atomic E-state index is 0.0371. The van der Waals surface area contributed by atoms with E-state index in [9.17, 15) is 13.2 Å². The Balaban J connectivity index is 1.28. The van der Waals surface area contributed by atoms with Gasteiger partial charge in [-0.15, -0.1) is 0 Å². The third kappa shape index (κ3) is 5.32. The molecule has 1 amide bonds. The molecule has 1 saturated heterocycles. The van der Waals surface area contributed by atoms with Gasteiger partial charge in [-0.2, -0.15) is 4.31 Å². The highest BCUT2D eigenvalue weighted by atomic mass is 32.2. The molecule has 0 bridgehead atoms. The molecule has 0 unspecified atom stereocenters. The summed E-state index contributed by atoms with van der Waals surface area (Å²) in [5.74, 6) is 1.55. The number of imidazole rings is 1. The van der Waals surface area contributed by atoms with Gasteiger partial charge in [0.05, 0.1) is 12.0 Å². The normalized spacial score (nSPS) is 14.7. The van der Waals surface area contributed by atoms with E-state index >= 15 is 0 Å². The maximum absolute atomic E-state index is 13.1. The number of pyridine rings is 2. The van der Waals surface area contributed by atoms with Crippen LogP contribution in [0.15, 0.2) is 59.8 Å². The quantitative estimate of drug-likeness (QED) is 0.398. The fourth-order valence-electron chi connectivity index (χ4n) is 4.40. The van der Waals surface area contributed by atoms with E-state index in [1.807, 2.05) is 18.2 Å². The van der Waals surface area contributed by atoms with Gasteiger partial charge in [0.1, 0.15) is 17.1 Å². The number of ether oxygens (including phenoxy) is 1. The summed E-state index contributed by atoms with van der Waals surface area (Å²) in [6, 6.07) is 12.5. The highest BCUT2D eigenvalue weighted by Gasteiger charge is 2.29. The average molecular weight is 521 g/mol. The number of fused-ring (bicyclic) bond motifs is 1. The number of amides is 1. The summed E-state index contributed by atoms with van der Waals surface area (Å²) in [7, 11) is -1.99. The Kier molecular flexibility index (Phi) is 6.90. The molecule has 3 aromatic heterocycles. The molecule has 1 fully saturated rings. The zero-order valence-corrected chi connectivity index (χ0v) is 21.5. The monoisotopic (exact) mass is 520 g/mol. The van der Waals surface area contributed by atoms with Gasteiger partial charge in [-0.1, -0.05) is 12.1 Å². The largest absolute Gasteiger partial charge is 0.497 e. The highest BCUT2D eigenvalue weighted by molar-refractivity contribution is 7.89. The van der Waals surface area contributed by atoms with Gasteiger partial charge >= 0.3 is 0 Å². The number of sulfonamides is 1. The summed E-state index contributed by atoms with van der Waals surface area (Å²) in [4.78, 5) is 30.3. The number of carbonyl (C=O) groups is 1. The van der Waals surface area contributed by atoms with Crippen molar-refractivity contribution in [3.8, 4) is 16.9 Å². The molecule has 0 radical (unpaired) electrons. The summed E-state index contributed by atoms with van der Waals surface area (Å²) in [5, 5.41) is 0. The van der Waals surface area contributed by atoms with E-state index in [2.05, 4.69) is 19.9 Å². The Labute approximate surface area is 215 Å². The minimum atomic E-state index is -3.63. The first-order chi connectivity index (χ1) is 17.8. The van der Waals surface area contributed by atoms with Crippen LogP contribution >= 0.6 is 0 Å². The highest BCUT2D eigenvalue weighted by Crippen LogP contribution is 2.25. The number of carbonyl (C=O) groups excluding carboxylic acids is 1. The van der Waals surface area contributed by atoms with Crippen LogP contribution in [0.2, 0.25) is 0 Å². The second kappa shape index (κ2) is 10.3. The van der Waals surface area contributed by atoms with Crippen LogP contribution in [0.25, 0.3) is 22.3 Å². The first-order valence-corrected chi connectivity index (χ1v) is 13.5. The number of H-pyrrole nitrogens is 1. The smallest absolute Gasteiger partial charge is 0.243 e. The number of methoxy groups -OCH3 is 1. The molecule has 11 heteroatoms. The lowest BCUT2D eigenvalue weighted by Crippen LogP contribution is -2.49. The van der Waals surface area contributed by atoms with Gasteiger partial charge in [0, 0.05) is 69.2 Å². The molecule has 0 atom stereocenters. The SMILES string of the molecule is COc1ccnc(CCc2nc3cc(-c4ccc(S(=O)(=O)N5CCN(C(C)=O)CC5)cc4)cnc3[nH]2)c1. The maximum Gasteiger partial charge on any atom is 0.243 e. The fraction of sp³-hybridized carbons (Fsp3) is 0.308. The van der Waals surface area contributed by atoms with Crippen molar-refractivity contribution in [2.24, 2.45) is 0 Å². The van der Waals surface area contributed by atoms with Gasteiger partial charge in [0.15, 0.2) is 5.65 Å². The van der Waals surface area contributed by atoms with Gasteiger partial charge in [-0.3, -0.25) is 9.78 Å². The lowest BCUT2D eigenvalue weighted by atomic mass is 10.1. The fourth-order valence-corrected chi connectivity index (χ4v) is 5.82. The predicted molar refractivity (Wildman–Crippen MR) is 139 cm³/mol. The Morgan fingerprint density at radius 3 is 2.46 bits per heavy atom. The van der Waals surface area contributed by atoms with Crippen LogP contribution < -0.4 is 4.74 Å². The lowest BCUT2D eigenvalue weighted by Gasteiger charge is -2.33. The van der Waals surface area contributed by atoms with E-state index in [0.29, 0.717) is 44.7 Å². The average Bonchev–Trinajstić information content (AvgIpc) is 3.34. The zero-order chi connectivity index (χ0) is 26.0. The summed E-state index contributed by atoms with van der Waals surface area (Å²) in [5.41, 5.74) is 4.05. The van der Waals surface area contributed by atoms with Crippen molar-refractivity contribution < 1.29 is 17.9 Å². The van der Waals surface area contributed by atoms with Crippen molar-refractivity contribution in [1.29, 1.82) is 0 Å². The van der Waals surface area contributed by atoms with Gasteiger partial charge < -0.3 is 14.6 Å². The van der Waals surface area contributed by atoms with Gasteiger partial charge in [0.2, 0.25) is 15.9 Å². The van der Waals surface area contributed by atoms with Crippen LogP contribution in [0.1, 0.15) is 18.4 Å². The van der Waals surface area contributed by atoms with Crippen LogP contribution in [-0.2, 0) is 27.7 Å². The number of hydrogen-bond acceptors (Lipinski definition) is 7. The number of nitrogens with zero attached hydrogens (tertiary/aromatic N) is 5. The number of nitrogens with one attached hydrogen (secondary N) is 1. The van der Waals surface area contributed by atoms with Gasteiger partial charge in [-0.25, -0.2) is 18.4 Å². The van der Waals surface area contributed by atoms with Gasteiger partial charge in [-0.05, 0) is 36.2 Å². The predicted octanol–water partition coefficient (Wildman–Crippen LogP) is 2.67. The van der Waals surface area contributed by atoms with Crippen molar-refractivity contribution in [2.75, 3.05) is 33.3 Å². The Morgan fingerprint density at radius 1 is 1.00 bits per heavy atom. The molecule has 4 heterocycles. The van der Waals surface area contributed by atoms with Crippen LogP contribution in [0.3, 0.4) is 0 Å². The van der Waals surface area contributed by atoms with Crippen molar-refractivity contribution in [3.05, 3.63) is 66.4 Å². The number of aromatic nitrogens is 4. The third-order valence-corrected chi connectivity index (χ3v) is 8.45. The molecule has 1 N–H and O–H groups in total. The number of benzene rings is 1. The van der Waals surface area contributed by atoms with Crippen LogP contribution in [-0.4, -0.2) is 76.8 Å². The van der Waals surface area contributed by atoms with Crippen molar-refractivity contribution in [3.63, 3.8) is 0 Å². The first-order valence-electron chi connectivity index (χ1n) is 12.0. The van der Waals surface area contributed by atoms with Crippen molar-refractivity contribution >= 4 is 27.1 Å². The molecule has 10 nitrogen and oxygen atoms in total. The Bertz CT molecular complexity index is 1530.